The normalized spacial score (nSPS) is 26.3. The van der Waals surface area contributed by atoms with Crippen molar-refractivity contribution in [1.82, 2.24) is 5.48 Å². The molecule has 1 atom stereocenters. The minimum atomic E-state index is -2.64. The zero-order chi connectivity index (χ0) is 9.47. The lowest BCUT2D eigenvalue weighted by atomic mass is 10.1. The van der Waals surface area contributed by atoms with E-state index in [1.165, 1.54) is 6.07 Å². The summed E-state index contributed by atoms with van der Waals surface area (Å²) in [4.78, 5) is 4.92. The van der Waals surface area contributed by atoms with Crippen LogP contribution in [0.5, 0.6) is 0 Å². The first-order chi connectivity index (χ1) is 6.13. The summed E-state index contributed by atoms with van der Waals surface area (Å²) in [5, 5.41) is 0. The van der Waals surface area contributed by atoms with Gasteiger partial charge < -0.3 is 0 Å². The fraction of sp³-hybridized carbons (Fsp3) is 0.143. The molecule has 70 valence electrons. The molecule has 1 saturated heterocycles. The van der Waals surface area contributed by atoms with E-state index in [-0.39, 0.29) is 4.90 Å². The summed E-state index contributed by atoms with van der Waals surface area (Å²) in [6.45, 7) is 0. The highest BCUT2D eigenvalue weighted by Gasteiger charge is 2.44. The first-order valence-electron chi connectivity index (χ1n) is 3.61. The summed E-state index contributed by atoms with van der Waals surface area (Å²) in [6, 6.07) is 6.44. The average molecular weight is 200 g/mol. The van der Waals surface area contributed by atoms with Crippen molar-refractivity contribution in [3.05, 3.63) is 29.8 Å². The van der Waals surface area contributed by atoms with Gasteiger partial charge in [-0.2, -0.15) is 0 Å². The summed E-state index contributed by atoms with van der Waals surface area (Å²) in [7, 11) is -2.64. The Bertz CT molecular complexity index is 404. The van der Waals surface area contributed by atoms with Crippen LogP contribution in [0.4, 0.5) is 0 Å². The lowest BCUT2D eigenvalue weighted by Crippen LogP contribution is -2.25. The first-order valence-corrected chi connectivity index (χ1v) is 4.79. The molecular weight excluding hydrogens is 192 g/mol. The second-order valence-electron chi connectivity index (χ2n) is 2.71. The number of thiol groups is 1. The minimum Gasteiger partial charge on any atom is -0.283 e. The molecule has 1 aromatic rings. The molecule has 0 aliphatic carbocycles. The number of rotatable bonds is 2. The van der Waals surface area contributed by atoms with Gasteiger partial charge in [-0.3, -0.25) is 10.6 Å². The quantitative estimate of drug-likeness (QED) is 0.432. The summed E-state index contributed by atoms with van der Waals surface area (Å²) >= 11 is 0. The number of nitrogens with one attached hydrogen (secondary N) is 1. The maximum absolute atomic E-state index is 10.8. The molecule has 0 saturated carbocycles. The fourth-order valence-electron chi connectivity index (χ4n) is 1.11. The van der Waals surface area contributed by atoms with Crippen LogP contribution < -0.4 is 11.2 Å². The van der Waals surface area contributed by atoms with Crippen molar-refractivity contribution in [3.8, 4) is 0 Å². The topological polar surface area (TPSA) is 94.6 Å². The second-order valence-corrected chi connectivity index (χ2v) is 3.71. The molecule has 5 nitrogen and oxygen atoms in total. The van der Waals surface area contributed by atoms with E-state index in [9.17, 15) is 8.42 Å². The average Bonchev–Trinajstić information content (AvgIpc) is 2.85. The van der Waals surface area contributed by atoms with E-state index >= 15 is 0 Å². The van der Waals surface area contributed by atoms with Gasteiger partial charge in [0.15, 0.2) is 10.7 Å². The molecule has 1 aromatic carbocycles. The number of hydrogen-bond acceptors (Lipinski definition) is 5. The Kier molecular flexibility index (Phi) is 1.85. The third kappa shape index (κ3) is 1.44. The minimum absolute atomic E-state index is 0.185. The SMILES string of the molecule is NC1(c2ccccc2[SH](=O)=O)NO1. The van der Waals surface area contributed by atoms with E-state index < -0.39 is 16.6 Å². The van der Waals surface area contributed by atoms with Gasteiger partial charge in [0.1, 0.15) is 0 Å². The van der Waals surface area contributed by atoms with Crippen molar-refractivity contribution >= 4 is 10.7 Å². The summed E-state index contributed by atoms with van der Waals surface area (Å²) in [6.07, 6.45) is 0. The molecule has 1 fully saturated rings. The Morgan fingerprint density at radius 1 is 1.38 bits per heavy atom. The van der Waals surface area contributed by atoms with Crippen LogP contribution in [-0.4, -0.2) is 8.42 Å². The maximum Gasteiger partial charge on any atom is 0.241 e. The van der Waals surface area contributed by atoms with Crippen molar-refractivity contribution in [2.75, 3.05) is 0 Å². The van der Waals surface area contributed by atoms with E-state index in [2.05, 4.69) is 5.48 Å². The van der Waals surface area contributed by atoms with E-state index in [0.717, 1.165) is 0 Å². The molecule has 13 heavy (non-hydrogen) atoms. The van der Waals surface area contributed by atoms with Crippen LogP contribution >= 0.6 is 0 Å². The number of hydrogen-bond donors (Lipinski definition) is 3. The molecular formula is C7H8N2O3S. The summed E-state index contributed by atoms with van der Waals surface area (Å²) < 4.78 is 21.6. The van der Waals surface area contributed by atoms with Crippen LogP contribution in [0.1, 0.15) is 5.56 Å². The molecule has 6 heteroatoms. The molecule has 2 rings (SSSR count). The third-order valence-corrected chi connectivity index (χ3v) is 2.61. The van der Waals surface area contributed by atoms with E-state index in [1.807, 2.05) is 0 Å². The van der Waals surface area contributed by atoms with Crippen molar-refractivity contribution in [1.29, 1.82) is 0 Å². The van der Waals surface area contributed by atoms with Gasteiger partial charge in [0.25, 0.3) is 0 Å². The van der Waals surface area contributed by atoms with Crippen molar-refractivity contribution < 1.29 is 13.3 Å². The van der Waals surface area contributed by atoms with E-state index in [0.29, 0.717) is 5.56 Å². The van der Waals surface area contributed by atoms with Crippen molar-refractivity contribution in [3.63, 3.8) is 0 Å². The van der Waals surface area contributed by atoms with Crippen LogP contribution in [0, 0.1) is 0 Å². The van der Waals surface area contributed by atoms with Gasteiger partial charge in [-0.25, -0.2) is 8.42 Å². The van der Waals surface area contributed by atoms with Crippen molar-refractivity contribution in [2.45, 2.75) is 10.7 Å². The van der Waals surface area contributed by atoms with Crippen LogP contribution in [0.15, 0.2) is 29.2 Å². The summed E-state index contributed by atoms with van der Waals surface area (Å²) in [5.41, 5.74) is 8.47. The Balaban J connectivity index is 2.56. The van der Waals surface area contributed by atoms with Crippen LogP contribution in [0.25, 0.3) is 0 Å². The molecule has 1 unspecified atom stereocenters. The van der Waals surface area contributed by atoms with E-state index in [1.54, 1.807) is 18.2 Å². The van der Waals surface area contributed by atoms with Gasteiger partial charge in [-0.15, -0.1) is 5.48 Å². The highest BCUT2D eigenvalue weighted by atomic mass is 32.2. The molecule has 1 heterocycles. The predicted octanol–water partition coefficient (Wildman–Crippen LogP) is -0.739. The molecule has 0 bridgehead atoms. The maximum atomic E-state index is 10.8. The molecule has 0 spiro atoms. The van der Waals surface area contributed by atoms with Crippen molar-refractivity contribution in [2.24, 2.45) is 5.73 Å². The zero-order valence-corrected chi connectivity index (χ0v) is 7.45. The first kappa shape index (κ1) is 8.64. The Morgan fingerprint density at radius 2 is 2.00 bits per heavy atom. The monoisotopic (exact) mass is 200 g/mol. The lowest BCUT2D eigenvalue weighted by Gasteiger charge is -2.05. The lowest BCUT2D eigenvalue weighted by molar-refractivity contribution is 0.298. The fourth-order valence-corrected chi connectivity index (χ4v) is 1.76. The second kappa shape index (κ2) is 2.78. The summed E-state index contributed by atoms with van der Waals surface area (Å²) in [5.74, 6) is -1.12. The Hall–Kier alpha value is -0.950. The van der Waals surface area contributed by atoms with Crippen LogP contribution in [-0.2, 0) is 21.4 Å². The van der Waals surface area contributed by atoms with Gasteiger partial charge in [-0.1, -0.05) is 18.2 Å². The van der Waals surface area contributed by atoms with Gasteiger partial charge in [0, 0.05) is 5.56 Å². The van der Waals surface area contributed by atoms with Gasteiger partial charge in [0.2, 0.25) is 5.85 Å². The standard InChI is InChI=1S/C7H8N2O3S/c8-7(9-12-7)5-3-1-2-4-6(5)13(10)11/h1-4,9,13H,8H2. The molecule has 1 aliphatic rings. The van der Waals surface area contributed by atoms with Crippen LogP contribution in [0.3, 0.4) is 0 Å². The third-order valence-electron chi connectivity index (χ3n) is 1.82. The molecule has 0 radical (unpaired) electrons. The number of nitrogens with two attached hydrogens (primary N) is 1. The van der Waals surface area contributed by atoms with Gasteiger partial charge in [-0.05, 0) is 6.07 Å². The van der Waals surface area contributed by atoms with Gasteiger partial charge in [0.05, 0.1) is 4.90 Å². The highest BCUT2D eigenvalue weighted by molar-refractivity contribution is 7.72. The van der Waals surface area contributed by atoms with E-state index in [4.69, 9.17) is 10.6 Å². The molecule has 1 aliphatic heterocycles. The van der Waals surface area contributed by atoms with Gasteiger partial charge >= 0.3 is 0 Å². The predicted molar refractivity (Wildman–Crippen MR) is 45.1 cm³/mol. The van der Waals surface area contributed by atoms with Crippen LogP contribution in [0.2, 0.25) is 0 Å². The Morgan fingerprint density at radius 3 is 2.54 bits per heavy atom. The smallest absolute Gasteiger partial charge is 0.241 e. The number of benzene rings is 1. The molecule has 0 amide bonds. The molecule has 0 aromatic heterocycles. The largest absolute Gasteiger partial charge is 0.283 e. The highest BCUT2D eigenvalue weighted by Crippen LogP contribution is 2.29. The Labute approximate surface area is 76.4 Å². The number of hydroxylamine groups is 1. The molecule has 3 N–H and O–H groups in total. The zero-order valence-electron chi connectivity index (χ0n) is 6.56.